The smallest absolute Gasteiger partial charge is 0.353 e. The Hall–Kier alpha value is 0.0918. The molecule has 1 fully saturated rings. The van der Waals surface area contributed by atoms with E-state index in [2.05, 4.69) is 13.8 Å². The Kier molecular flexibility index (Phi) is 7.98. The predicted molar refractivity (Wildman–Crippen MR) is 101 cm³/mol. The maximum absolute atomic E-state index is 12.4. The fourth-order valence-corrected chi connectivity index (χ4v) is 4.85. The van der Waals surface area contributed by atoms with Crippen LogP contribution >= 0.6 is 7.60 Å². The first-order valence-electron chi connectivity index (χ1n) is 8.65. The first-order chi connectivity index (χ1) is 10.9. The zero-order valence-electron chi connectivity index (χ0n) is 15.8. The molecule has 0 bridgehead atoms. The van der Waals surface area contributed by atoms with E-state index in [4.69, 9.17) is 21.6 Å². The Bertz CT molecular complexity index is 468. The van der Waals surface area contributed by atoms with Crippen LogP contribution in [0.5, 0.6) is 0 Å². The van der Waals surface area contributed by atoms with Crippen LogP contribution in [0.25, 0.3) is 0 Å². The molecule has 5 nitrogen and oxygen atoms in total. The number of hydrogen-bond donors (Lipinski definition) is 1. The van der Waals surface area contributed by atoms with Crippen LogP contribution in [-0.4, -0.2) is 46.3 Å². The molecule has 1 N–H and O–H groups in total. The lowest BCUT2D eigenvalue weighted by atomic mass is 9.81. The topological polar surface area (TPSA) is 65.0 Å². The molecule has 1 aliphatic heterocycles. The normalized spacial score (nSPS) is 26.4. The molecule has 1 saturated heterocycles. The minimum Gasteiger partial charge on any atom is -0.432 e. The van der Waals surface area contributed by atoms with Gasteiger partial charge in [0.1, 0.15) is 7.85 Å². The molecule has 3 atom stereocenters. The maximum Gasteiger partial charge on any atom is 0.353 e. The molecule has 0 aromatic rings. The van der Waals surface area contributed by atoms with Crippen molar-refractivity contribution in [3.8, 4) is 0 Å². The standard InChI is InChI=1S/C16H32BO5PSi/c1-7-20-23(18,21-8-2)10-9-14-11-13(15(17)22-14)12-16(3,4)24(5,6)19/h9-10,13-15,19H,7-8,11-12H2,1-6H3/b10-9+/t13-,14-,15-/m1/s1. The van der Waals surface area contributed by atoms with E-state index in [1.165, 1.54) is 5.82 Å². The summed E-state index contributed by atoms with van der Waals surface area (Å²) in [5.41, 5.74) is 0. The minimum absolute atomic E-state index is 0.150. The van der Waals surface area contributed by atoms with Gasteiger partial charge in [-0.1, -0.05) is 13.8 Å². The Morgan fingerprint density at radius 1 is 1.33 bits per heavy atom. The molecule has 24 heavy (non-hydrogen) atoms. The molecule has 0 aliphatic carbocycles. The highest BCUT2D eigenvalue weighted by Crippen LogP contribution is 2.50. The van der Waals surface area contributed by atoms with Gasteiger partial charge in [-0.25, -0.2) is 0 Å². The van der Waals surface area contributed by atoms with Crippen molar-refractivity contribution in [3.05, 3.63) is 11.9 Å². The predicted octanol–water partition coefficient (Wildman–Crippen LogP) is 4.03. The lowest BCUT2D eigenvalue weighted by Gasteiger charge is -2.37. The Morgan fingerprint density at radius 3 is 2.33 bits per heavy atom. The molecule has 138 valence electrons. The van der Waals surface area contributed by atoms with E-state index in [9.17, 15) is 9.36 Å². The van der Waals surface area contributed by atoms with Crippen LogP contribution < -0.4 is 0 Å². The SMILES string of the molecule is [B][C@@H]1O[C@H](/C=C/P(=O)(OCC)OCC)C[C@@H]1CC(C)(C)[Si](C)(C)O. The van der Waals surface area contributed by atoms with Crippen LogP contribution in [-0.2, 0) is 18.3 Å². The molecule has 1 rings (SSSR count). The average Bonchev–Trinajstić information content (AvgIpc) is 2.76. The summed E-state index contributed by atoms with van der Waals surface area (Å²) >= 11 is 0. The third-order valence-electron chi connectivity index (χ3n) is 4.86. The summed E-state index contributed by atoms with van der Waals surface area (Å²) in [4.78, 5) is 10.5. The highest BCUT2D eigenvalue weighted by atomic mass is 31.2. The third kappa shape index (κ3) is 6.11. The van der Waals surface area contributed by atoms with Crippen molar-refractivity contribution in [2.75, 3.05) is 13.2 Å². The van der Waals surface area contributed by atoms with Gasteiger partial charge >= 0.3 is 7.60 Å². The fourth-order valence-electron chi connectivity index (χ4n) is 2.71. The molecule has 1 heterocycles. The van der Waals surface area contributed by atoms with Crippen molar-refractivity contribution in [2.24, 2.45) is 5.92 Å². The summed E-state index contributed by atoms with van der Waals surface area (Å²) in [6.07, 6.45) is 3.08. The van der Waals surface area contributed by atoms with Crippen LogP contribution in [0, 0.1) is 5.92 Å². The summed E-state index contributed by atoms with van der Waals surface area (Å²) in [7, 11) is 0.622. The van der Waals surface area contributed by atoms with Gasteiger partial charge in [0.2, 0.25) is 0 Å². The third-order valence-corrected chi connectivity index (χ3v) is 10.2. The van der Waals surface area contributed by atoms with Crippen LogP contribution in [0.15, 0.2) is 11.9 Å². The van der Waals surface area contributed by atoms with Gasteiger partial charge in [0, 0.05) is 11.8 Å². The van der Waals surface area contributed by atoms with Crippen molar-refractivity contribution >= 4 is 23.8 Å². The summed E-state index contributed by atoms with van der Waals surface area (Å²) in [6.45, 7) is 12.3. The quantitative estimate of drug-likeness (QED) is 0.488. The van der Waals surface area contributed by atoms with Gasteiger partial charge in [-0.15, -0.1) is 0 Å². The lowest BCUT2D eigenvalue weighted by molar-refractivity contribution is 0.107. The molecule has 8 heteroatoms. The monoisotopic (exact) mass is 374 g/mol. The summed E-state index contributed by atoms with van der Waals surface area (Å²) in [5, 5.41) is -0.150. The number of ether oxygens (including phenoxy) is 1. The van der Waals surface area contributed by atoms with E-state index in [1.807, 2.05) is 13.1 Å². The molecule has 0 spiro atoms. The minimum atomic E-state index is -3.21. The van der Waals surface area contributed by atoms with Gasteiger partial charge in [-0.05, 0) is 56.8 Å². The number of rotatable bonds is 9. The molecule has 0 amide bonds. The van der Waals surface area contributed by atoms with E-state index >= 15 is 0 Å². The number of hydrogen-bond acceptors (Lipinski definition) is 5. The second-order valence-electron chi connectivity index (χ2n) is 7.50. The van der Waals surface area contributed by atoms with Gasteiger partial charge in [-0.3, -0.25) is 4.57 Å². The first kappa shape index (κ1) is 22.1. The molecular weight excluding hydrogens is 342 g/mol. The second kappa shape index (κ2) is 8.65. The van der Waals surface area contributed by atoms with Gasteiger partial charge in [-0.2, -0.15) is 0 Å². The molecule has 1 aliphatic rings. The van der Waals surface area contributed by atoms with Crippen LogP contribution in [0.2, 0.25) is 18.1 Å². The molecule has 0 aromatic carbocycles. The van der Waals surface area contributed by atoms with Crippen molar-refractivity contribution in [2.45, 2.75) is 70.8 Å². The van der Waals surface area contributed by atoms with Gasteiger partial charge in [0.25, 0.3) is 0 Å². The first-order valence-corrected chi connectivity index (χ1v) is 13.2. The highest BCUT2D eigenvalue weighted by molar-refractivity contribution is 7.57. The Balaban J connectivity index is 2.72. The van der Waals surface area contributed by atoms with Crippen molar-refractivity contribution < 1.29 is 23.1 Å². The maximum atomic E-state index is 12.4. The second-order valence-corrected chi connectivity index (χ2v) is 13.9. The average molecular weight is 374 g/mol. The van der Waals surface area contributed by atoms with Gasteiger partial charge in [0.05, 0.1) is 19.3 Å². The fraction of sp³-hybridized carbons (Fsp3) is 0.875. The van der Waals surface area contributed by atoms with E-state index in [1.54, 1.807) is 19.9 Å². The van der Waals surface area contributed by atoms with Crippen molar-refractivity contribution in [3.63, 3.8) is 0 Å². The zero-order chi connectivity index (χ0) is 18.6. The van der Waals surface area contributed by atoms with E-state index in [0.29, 0.717) is 13.2 Å². The van der Waals surface area contributed by atoms with Crippen LogP contribution in [0.4, 0.5) is 0 Å². The Labute approximate surface area is 149 Å². The van der Waals surface area contributed by atoms with E-state index < -0.39 is 15.9 Å². The van der Waals surface area contributed by atoms with Crippen molar-refractivity contribution in [1.82, 2.24) is 0 Å². The van der Waals surface area contributed by atoms with Crippen LogP contribution in [0.3, 0.4) is 0 Å². The van der Waals surface area contributed by atoms with Crippen LogP contribution in [0.1, 0.15) is 40.5 Å². The van der Waals surface area contributed by atoms with E-state index in [0.717, 1.165) is 12.8 Å². The van der Waals surface area contributed by atoms with Gasteiger partial charge < -0.3 is 18.6 Å². The summed E-state index contributed by atoms with van der Waals surface area (Å²) in [6, 6.07) is -0.381. The lowest BCUT2D eigenvalue weighted by Crippen LogP contribution is -2.41. The molecular formula is C16H32BO5PSi. The van der Waals surface area contributed by atoms with Gasteiger partial charge in [0.15, 0.2) is 8.32 Å². The van der Waals surface area contributed by atoms with Crippen molar-refractivity contribution in [1.29, 1.82) is 0 Å². The largest absolute Gasteiger partial charge is 0.432 e. The van der Waals surface area contributed by atoms with E-state index in [-0.39, 0.29) is 23.1 Å². The summed E-state index contributed by atoms with van der Waals surface area (Å²) in [5.74, 6) is 1.64. The molecule has 0 saturated carbocycles. The molecule has 0 unspecified atom stereocenters. The highest BCUT2D eigenvalue weighted by Gasteiger charge is 2.43. The molecule has 0 aromatic heterocycles. The summed E-state index contributed by atoms with van der Waals surface area (Å²) < 4.78 is 28.7. The molecule has 2 radical (unpaired) electrons. The zero-order valence-corrected chi connectivity index (χ0v) is 17.7. The Morgan fingerprint density at radius 2 is 1.88 bits per heavy atom.